The van der Waals surface area contributed by atoms with Gasteiger partial charge in [0.25, 0.3) is 5.91 Å². The third-order valence-electron chi connectivity index (χ3n) is 3.82. The Kier molecular flexibility index (Phi) is 4.78. The number of amides is 1. The minimum absolute atomic E-state index is 0.0737. The Morgan fingerprint density at radius 1 is 1.25 bits per heavy atom. The van der Waals surface area contributed by atoms with Crippen molar-refractivity contribution in [2.75, 3.05) is 25.0 Å². The number of aryl methyl sites for hydroxylation is 2. The largest absolute Gasteiger partial charge is 0.364 e. The molecule has 2 N–H and O–H groups in total. The van der Waals surface area contributed by atoms with E-state index in [-0.39, 0.29) is 18.1 Å². The van der Waals surface area contributed by atoms with Gasteiger partial charge in [0.15, 0.2) is 6.54 Å². The highest BCUT2D eigenvalue weighted by molar-refractivity contribution is 5.91. The Bertz CT molecular complexity index is 477. The van der Waals surface area contributed by atoms with E-state index in [0.717, 1.165) is 18.8 Å². The summed E-state index contributed by atoms with van der Waals surface area (Å²) in [6.45, 7) is 10.6. The third kappa shape index (κ3) is 4.05. The Balaban J connectivity index is 1.90. The fraction of sp³-hybridized carbons (Fsp3) is 0.562. The van der Waals surface area contributed by atoms with Gasteiger partial charge in [-0.2, -0.15) is 0 Å². The summed E-state index contributed by atoms with van der Waals surface area (Å²) in [7, 11) is 0. The zero-order valence-corrected chi connectivity index (χ0v) is 12.8. The third-order valence-corrected chi connectivity index (χ3v) is 3.82. The van der Waals surface area contributed by atoms with Gasteiger partial charge in [0, 0.05) is 5.69 Å². The molecule has 1 aliphatic heterocycles. The van der Waals surface area contributed by atoms with Crippen LogP contribution >= 0.6 is 0 Å². The molecule has 0 radical (unpaired) electrons. The van der Waals surface area contributed by atoms with Gasteiger partial charge in [-0.25, -0.2) is 0 Å². The lowest BCUT2D eigenvalue weighted by molar-refractivity contribution is -0.907. The SMILES string of the molecule is Cc1ccc(NC(=O)C[NH+]2C[C@@H](C)O[C@H](C)C2)cc1C. The number of hydrogen-bond donors (Lipinski definition) is 2. The van der Waals surface area contributed by atoms with Crippen molar-refractivity contribution in [2.24, 2.45) is 0 Å². The van der Waals surface area contributed by atoms with Crippen molar-refractivity contribution in [3.63, 3.8) is 0 Å². The maximum absolute atomic E-state index is 12.1. The van der Waals surface area contributed by atoms with E-state index in [9.17, 15) is 4.79 Å². The predicted octanol–water partition coefficient (Wildman–Crippen LogP) is 0.934. The normalized spacial score (nSPS) is 26.3. The Hall–Kier alpha value is -1.39. The Labute approximate surface area is 121 Å². The van der Waals surface area contributed by atoms with Crippen LogP contribution in [0.4, 0.5) is 5.69 Å². The van der Waals surface area contributed by atoms with Gasteiger partial charge in [-0.05, 0) is 51.0 Å². The highest BCUT2D eigenvalue weighted by Crippen LogP contribution is 2.13. The highest BCUT2D eigenvalue weighted by Gasteiger charge is 2.27. The van der Waals surface area contributed by atoms with Crippen LogP contribution < -0.4 is 10.2 Å². The summed E-state index contributed by atoms with van der Waals surface area (Å²) < 4.78 is 5.69. The maximum atomic E-state index is 12.1. The standard InChI is InChI=1S/C16H24N2O2/c1-11-5-6-15(7-12(11)2)17-16(19)10-18-8-13(3)20-14(4)9-18/h5-7,13-14H,8-10H2,1-4H3,(H,17,19)/p+1/t13-,14-/m1/s1. The van der Waals surface area contributed by atoms with Gasteiger partial charge in [-0.15, -0.1) is 0 Å². The summed E-state index contributed by atoms with van der Waals surface area (Å²) >= 11 is 0. The molecule has 2 atom stereocenters. The highest BCUT2D eigenvalue weighted by atomic mass is 16.5. The molecule has 1 fully saturated rings. The van der Waals surface area contributed by atoms with Gasteiger partial charge in [0.1, 0.15) is 25.3 Å². The molecule has 4 nitrogen and oxygen atoms in total. The molecule has 1 saturated heterocycles. The van der Waals surface area contributed by atoms with E-state index in [1.54, 1.807) is 0 Å². The number of benzene rings is 1. The van der Waals surface area contributed by atoms with E-state index >= 15 is 0 Å². The lowest BCUT2D eigenvalue weighted by Gasteiger charge is -2.31. The first-order valence-electron chi connectivity index (χ1n) is 7.30. The summed E-state index contributed by atoms with van der Waals surface area (Å²) in [6, 6.07) is 6.02. The van der Waals surface area contributed by atoms with E-state index in [2.05, 4.69) is 33.0 Å². The number of hydrogen-bond acceptors (Lipinski definition) is 2. The summed E-state index contributed by atoms with van der Waals surface area (Å²) in [6.07, 6.45) is 0.450. The molecule has 0 saturated carbocycles. The molecule has 0 bridgehead atoms. The number of ether oxygens (including phenoxy) is 1. The number of morpholine rings is 1. The molecular formula is C16H25N2O2+. The minimum Gasteiger partial charge on any atom is -0.364 e. The smallest absolute Gasteiger partial charge is 0.279 e. The first kappa shape index (κ1) is 15.0. The molecule has 0 unspecified atom stereocenters. The first-order chi connectivity index (χ1) is 9.44. The molecule has 0 aliphatic carbocycles. The van der Waals surface area contributed by atoms with Crippen LogP contribution in [0.2, 0.25) is 0 Å². The van der Waals surface area contributed by atoms with Crippen molar-refractivity contribution in [3.05, 3.63) is 29.3 Å². The number of rotatable bonds is 3. The number of carbonyl (C=O) groups excluding carboxylic acids is 1. The molecule has 1 aromatic rings. The summed E-state index contributed by atoms with van der Waals surface area (Å²) in [5, 5.41) is 2.99. The summed E-state index contributed by atoms with van der Waals surface area (Å²) in [5.74, 6) is 0.0737. The molecular weight excluding hydrogens is 252 g/mol. The lowest BCUT2D eigenvalue weighted by atomic mass is 10.1. The minimum atomic E-state index is 0.0737. The van der Waals surface area contributed by atoms with Gasteiger partial charge < -0.3 is 15.0 Å². The van der Waals surface area contributed by atoms with Crippen molar-refractivity contribution in [2.45, 2.75) is 39.9 Å². The van der Waals surface area contributed by atoms with Crippen molar-refractivity contribution in [1.29, 1.82) is 0 Å². The Morgan fingerprint density at radius 3 is 2.50 bits per heavy atom. The number of quaternary nitrogens is 1. The van der Waals surface area contributed by atoms with Crippen LogP contribution in [0.3, 0.4) is 0 Å². The molecule has 4 heteroatoms. The van der Waals surface area contributed by atoms with Gasteiger partial charge in [0.05, 0.1) is 0 Å². The first-order valence-corrected chi connectivity index (χ1v) is 7.30. The number of carbonyl (C=O) groups is 1. The van der Waals surface area contributed by atoms with E-state index in [1.165, 1.54) is 16.0 Å². The van der Waals surface area contributed by atoms with E-state index in [0.29, 0.717) is 6.54 Å². The fourth-order valence-corrected chi connectivity index (χ4v) is 2.78. The van der Waals surface area contributed by atoms with E-state index in [4.69, 9.17) is 4.74 Å². The second-order valence-corrected chi connectivity index (χ2v) is 5.94. The van der Waals surface area contributed by atoms with Crippen molar-refractivity contribution in [3.8, 4) is 0 Å². The van der Waals surface area contributed by atoms with Gasteiger partial charge in [-0.1, -0.05) is 6.07 Å². The van der Waals surface area contributed by atoms with Crippen LogP contribution in [0, 0.1) is 13.8 Å². The van der Waals surface area contributed by atoms with Crippen LogP contribution in [0.1, 0.15) is 25.0 Å². The number of anilines is 1. The van der Waals surface area contributed by atoms with Gasteiger partial charge >= 0.3 is 0 Å². The second-order valence-electron chi connectivity index (χ2n) is 5.94. The molecule has 1 aliphatic rings. The maximum Gasteiger partial charge on any atom is 0.279 e. The zero-order chi connectivity index (χ0) is 14.7. The zero-order valence-electron chi connectivity index (χ0n) is 12.8. The van der Waals surface area contributed by atoms with Crippen LogP contribution in [0.5, 0.6) is 0 Å². The van der Waals surface area contributed by atoms with Crippen LogP contribution in [0.15, 0.2) is 18.2 Å². The molecule has 1 heterocycles. The van der Waals surface area contributed by atoms with Gasteiger partial charge in [-0.3, -0.25) is 4.79 Å². The van der Waals surface area contributed by atoms with Crippen molar-refractivity contribution < 1.29 is 14.4 Å². The fourth-order valence-electron chi connectivity index (χ4n) is 2.78. The average molecular weight is 277 g/mol. The molecule has 20 heavy (non-hydrogen) atoms. The molecule has 0 aromatic heterocycles. The molecule has 0 spiro atoms. The Morgan fingerprint density at radius 2 is 1.90 bits per heavy atom. The van der Waals surface area contributed by atoms with Crippen molar-refractivity contribution >= 4 is 11.6 Å². The molecule has 1 aromatic carbocycles. The van der Waals surface area contributed by atoms with Crippen LogP contribution in [-0.2, 0) is 9.53 Å². The van der Waals surface area contributed by atoms with Crippen LogP contribution in [-0.4, -0.2) is 37.7 Å². The molecule has 1 amide bonds. The summed E-state index contributed by atoms with van der Waals surface area (Å²) in [4.78, 5) is 13.4. The van der Waals surface area contributed by atoms with Crippen LogP contribution in [0.25, 0.3) is 0 Å². The number of nitrogens with one attached hydrogen (secondary N) is 2. The average Bonchev–Trinajstić information content (AvgIpc) is 2.32. The molecule has 2 rings (SSSR count). The quantitative estimate of drug-likeness (QED) is 0.863. The van der Waals surface area contributed by atoms with Crippen molar-refractivity contribution in [1.82, 2.24) is 0 Å². The summed E-state index contributed by atoms with van der Waals surface area (Å²) in [5.41, 5.74) is 3.32. The molecule has 110 valence electrons. The second kappa shape index (κ2) is 6.37. The van der Waals surface area contributed by atoms with E-state index in [1.807, 2.05) is 18.2 Å². The topological polar surface area (TPSA) is 42.8 Å². The predicted molar refractivity (Wildman–Crippen MR) is 80.1 cm³/mol. The van der Waals surface area contributed by atoms with E-state index < -0.39 is 0 Å². The van der Waals surface area contributed by atoms with Gasteiger partial charge in [0.2, 0.25) is 0 Å². The monoisotopic (exact) mass is 277 g/mol. The lowest BCUT2D eigenvalue weighted by Crippen LogP contribution is -3.16.